The highest BCUT2D eigenvalue weighted by Crippen LogP contribution is 2.28. The Hall–Kier alpha value is -0.390. The van der Waals surface area contributed by atoms with Gasteiger partial charge in [-0.25, -0.2) is 0 Å². The molecule has 0 amide bonds. The highest BCUT2D eigenvalue weighted by atomic mass is 79.9. The van der Waals surface area contributed by atoms with Gasteiger partial charge in [-0.1, -0.05) is 29.8 Å². The fourth-order valence-electron chi connectivity index (χ4n) is 2.12. The molecule has 0 aliphatic heterocycles. The lowest BCUT2D eigenvalue weighted by Gasteiger charge is -2.27. The second-order valence-electron chi connectivity index (χ2n) is 4.45. The highest BCUT2D eigenvalue weighted by Gasteiger charge is 2.18. The zero-order valence-electron chi connectivity index (χ0n) is 10.6. The molecule has 0 aliphatic rings. The molecule has 2 N–H and O–H groups in total. The van der Waals surface area contributed by atoms with Crippen LogP contribution in [0.15, 0.2) is 39.5 Å². The lowest BCUT2D eigenvalue weighted by molar-refractivity contribution is 0.242. The molecule has 2 aromatic rings. The Morgan fingerprint density at radius 1 is 1.42 bits per heavy atom. The van der Waals surface area contributed by atoms with Crippen molar-refractivity contribution < 1.29 is 0 Å². The third-order valence-corrected chi connectivity index (χ3v) is 4.97. The van der Waals surface area contributed by atoms with Crippen molar-refractivity contribution in [2.45, 2.75) is 12.6 Å². The van der Waals surface area contributed by atoms with E-state index in [2.05, 4.69) is 39.3 Å². The van der Waals surface area contributed by atoms with E-state index in [-0.39, 0.29) is 6.04 Å². The summed E-state index contributed by atoms with van der Waals surface area (Å²) in [6.07, 6.45) is 0. The van der Waals surface area contributed by atoms with E-state index in [1.807, 2.05) is 24.3 Å². The van der Waals surface area contributed by atoms with Crippen LogP contribution in [0, 0.1) is 0 Å². The first kappa shape index (κ1) is 15.0. The summed E-state index contributed by atoms with van der Waals surface area (Å²) in [5.74, 6) is 0. The predicted octanol–water partition coefficient (Wildman–Crippen LogP) is 4.30. The Balaban J connectivity index is 2.15. The lowest BCUT2D eigenvalue weighted by Crippen LogP contribution is -2.30. The Morgan fingerprint density at radius 3 is 2.74 bits per heavy atom. The molecule has 0 aliphatic carbocycles. The lowest BCUT2D eigenvalue weighted by atomic mass is 10.1. The number of nitrogens with two attached hydrogens (primary N) is 1. The molecule has 102 valence electrons. The van der Waals surface area contributed by atoms with Crippen LogP contribution in [0.4, 0.5) is 0 Å². The van der Waals surface area contributed by atoms with E-state index >= 15 is 0 Å². The molecule has 1 atom stereocenters. The largest absolute Gasteiger partial charge is 0.329 e. The molecule has 2 rings (SSSR count). The van der Waals surface area contributed by atoms with E-state index in [0.717, 1.165) is 20.9 Å². The second-order valence-corrected chi connectivity index (χ2v) is 7.14. The van der Waals surface area contributed by atoms with Crippen LogP contribution in [0.2, 0.25) is 5.02 Å². The summed E-state index contributed by atoms with van der Waals surface area (Å²) in [5.41, 5.74) is 8.30. The van der Waals surface area contributed by atoms with Gasteiger partial charge in [0.15, 0.2) is 0 Å². The van der Waals surface area contributed by atoms with Crippen molar-refractivity contribution >= 4 is 38.9 Å². The average molecular weight is 360 g/mol. The van der Waals surface area contributed by atoms with Crippen LogP contribution in [0.3, 0.4) is 0 Å². The Morgan fingerprint density at radius 2 is 2.16 bits per heavy atom. The summed E-state index contributed by atoms with van der Waals surface area (Å²) in [5, 5.41) is 2.93. The van der Waals surface area contributed by atoms with Gasteiger partial charge in [-0.3, -0.25) is 4.90 Å². The summed E-state index contributed by atoms with van der Waals surface area (Å²) in [6, 6.07) is 10.2. The summed E-state index contributed by atoms with van der Waals surface area (Å²) >= 11 is 11.4. The fraction of sp³-hybridized carbons (Fsp3) is 0.286. The molecule has 19 heavy (non-hydrogen) atoms. The van der Waals surface area contributed by atoms with Gasteiger partial charge in [0.25, 0.3) is 0 Å². The van der Waals surface area contributed by atoms with E-state index in [0.29, 0.717) is 6.54 Å². The van der Waals surface area contributed by atoms with E-state index in [1.165, 1.54) is 5.56 Å². The number of likely N-dealkylation sites (N-methyl/N-ethyl adjacent to an activating group) is 1. The van der Waals surface area contributed by atoms with Crippen molar-refractivity contribution in [3.8, 4) is 0 Å². The van der Waals surface area contributed by atoms with E-state index in [9.17, 15) is 0 Å². The zero-order valence-corrected chi connectivity index (χ0v) is 13.8. The molecule has 2 nitrogen and oxygen atoms in total. The summed E-state index contributed by atoms with van der Waals surface area (Å²) in [7, 11) is 2.08. The molecule has 0 spiro atoms. The number of hydrogen-bond donors (Lipinski definition) is 1. The number of halogens is 2. The third kappa shape index (κ3) is 3.80. The number of benzene rings is 1. The molecule has 0 saturated heterocycles. The van der Waals surface area contributed by atoms with Crippen LogP contribution in [-0.4, -0.2) is 18.5 Å². The first-order valence-electron chi connectivity index (χ1n) is 5.99. The summed E-state index contributed by atoms with van der Waals surface area (Å²) < 4.78 is 1.15. The molecule has 0 radical (unpaired) electrons. The van der Waals surface area contributed by atoms with Crippen LogP contribution in [0.5, 0.6) is 0 Å². The Bertz CT molecular complexity index is 544. The van der Waals surface area contributed by atoms with Crippen LogP contribution in [0.25, 0.3) is 0 Å². The molecule has 1 aromatic carbocycles. The van der Waals surface area contributed by atoms with Crippen LogP contribution < -0.4 is 5.73 Å². The molecule has 0 bridgehead atoms. The first-order chi connectivity index (χ1) is 9.11. The number of thiophene rings is 1. The van der Waals surface area contributed by atoms with Gasteiger partial charge in [0.05, 0.1) is 3.79 Å². The Kier molecular flexibility index (Phi) is 5.42. The van der Waals surface area contributed by atoms with Gasteiger partial charge in [0, 0.05) is 24.2 Å². The molecular weight excluding hydrogens is 344 g/mol. The van der Waals surface area contributed by atoms with Gasteiger partial charge in [-0.2, -0.15) is 0 Å². The number of rotatable bonds is 5. The van der Waals surface area contributed by atoms with Crippen LogP contribution >= 0.6 is 38.9 Å². The molecule has 1 aromatic heterocycles. The average Bonchev–Trinajstić information content (AvgIpc) is 2.78. The molecule has 1 heterocycles. The van der Waals surface area contributed by atoms with Crippen molar-refractivity contribution in [3.05, 3.63) is 55.6 Å². The third-order valence-electron chi connectivity index (χ3n) is 3.07. The smallest absolute Gasteiger partial charge is 0.0701 e. The normalized spacial score (nSPS) is 12.9. The van der Waals surface area contributed by atoms with E-state index < -0.39 is 0 Å². The van der Waals surface area contributed by atoms with Gasteiger partial charge in [0.1, 0.15) is 0 Å². The van der Waals surface area contributed by atoms with Gasteiger partial charge >= 0.3 is 0 Å². The topological polar surface area (TPSA) is 29.3 Å². The maximum absolute atomic E-state index is 6.26. The standard InChI is InChI=1S/C14H16BrClN2S/c1-18(8-10-6-14(15)19-9-10)13(7-17)11-4-2-3-5-12(11)16/h2-6,9,13H,7-8,17H2,1H3. The van der Waals surface area contributed by atoms with Crippen LogP contribution in [0.1, 0.15) is 17.2 Å². The zero-order chi connectivity index (χ0) is 13.8. The molecule has 5 heteroatoms. The van der Waals surface area contributed by atoms with Gasteiger partial charge in [-0.15, -0.1) is 11.3 Å². The number of nitrogens with zero attached hydrogens (tertiary/aromatic N) is 1. The van der Waals surface area contributed by atoms with Crippen molar-refractivity contribution in [3.63, 3.8) is 0 Å². The molecule has 0 fully saturated rings. The van der Waals surface area contributed by atoms with Crippen molar-refractivity contribution in [1.29, 1.82) is 0 Å². The summed E-state index contributed by atoms with van der Waals surface area (Å²) in [4.78, 5) is 2.23. The quantitative estimate of drug-likeness (QED) is 0.862. The maximum Gasteiger partial charge on any atom is 0.0701 e. The minimum absolute atomic E-state index is 0.132. The van der Waals surface area contributed by atoms with Gasteiger partial charge in [0.2, 0.25) is 0 Å². The van der Waals surface area contributed by atoms with Crippen molar-refractivity contribution in [2.75, 3.05) is 13.6 Å². The SMILES string of the molecule is CN(Cc1csc(Br)c1)C(CN)c1ccccc1Cl. The van der Waals surface area contributed by atoms with E-state index in [4.69, 9.17) is 17.3 Å². The van der Waals surface area contributed by atoms with Crippen LogP contribution in [-0.2, 0) is 6.54 Å². The minimum atomic E-state index is 0.132. The molecule has 1 unspecified atom stereocenters. The second kappa shape index (κ2) is 6.86. The molecular formula is C14H16BrClN2S. The fourth-order valence-corrected chi connectivity index (χ4v) is 3.58. The Labute approximate surface area is 131 Å². The summed E-state index contributed by atoms with van der Waals surface area (Å²) in [6.45, 7) is 1.40. The maximum atomic E-state index is 6.26. The first-order valence-corrected chi connectivity index (χ1v) is 8.04. The predicted molar refractivity (Wildman–Crippen MR) is 86.7 cm³/mol. The minimum Gasteiger partial charge on any atom is -0.329 e. The highest BCUT2D eigenvalue weighted by molar-refractivity contribution is 9.11. The van der Waals surface area contributed by atoms with Gasteiger partial charge in [-0.05, 0) is 51.6 Å². The van der Waals surface area contributed by atoms with Crippen molar-refractivity contribution in [2.24, 2.45) is 5.73 Å². The van der Waals surface area contributed by atoms with Gasteiger partial charge < -0.3 is 5.73 Å². The van der Waals surface area contributed by atoms with E-state index in [1.54, 1.807) is 11.3 Å². The van der Waals surface area contributed by atoms with Crippen molar-refractivity contribution in [1.82, 2.24) is 4.90 Å². The number of hydrogen-bond acceptors (Lipinski definition) is 3. The monoisotopic (exact) mass is 358 g/mol. The molecule has 0 saturated carbocycles.